The van der Waals surface area contributed by atoms with Crippen LogP contribution in [0, 0.1) is 6.92 Å². The lowest BCUT2D eigenvalue weighted by Gasteiger charge is -2.21. The van der Waals surface area contributed by atoms with E-state index in [1.54, 1.807) is 11.8 Å². The molecule has 22 heavy (non-hydrogen) atoms. The van der Waals surface area contributed by atoms with Crippen molar-refractivity contribution in [3.05, 3.63) is 35.7 Å². The second-order valence-electron chi connectivity index (χ2n) is 5.36. The van der Waals surface area contributed by atoms with Crippen LogP contribution in [0.2, 0.25) is 0 Å². The van der Waals surface area contributed by atoms with E-state index in [0.717, 1.165) is 24.5 Å². The number of benzene rings is 1. The zero-order valence-electron chi connectivity index (χ0n) is 12.7. The summed E-state index contributed by atoms with van der Waals surface area (Å²) >= 11 is 1.55. The zero-order valence-corrected chi connectivity index (χ0v) is 13.5. The number of rotatable bonds is 6. The maximum atomic E-state index is 5.69. The predicted molar refractivity (Wildman–Crippen MR) is 84.1 cm³/mol. The Kier molecular flexibility index (Phi) is 5.34. The first-order valence-corrected chi connectivity index (χ1v) is 8.54. The minimum absolute atomic E-state index is 0.288. The minimum Gasteiger partial charge on any atom is -0.484 e. The number of aryl methyl sites for hydroxylation is 1. The van der Waals surface area contributed by atoms with E-state index in [1.165, 1.54) is 18.4 Å². The third-order valence-corrected chi connectivity index (χ3v) is 4.45. The van der Waals surface area contributed by atoms with Crippen molar-refractivity contribution < 1.29 is 13.9 Å². The van der Waals surface area contributed by atoms with Crippen LogP contribution in [0.15, 0.2) is 33.9 Å². The highest BCUT2D eigenvalue weighted by molar-refractivity contribution is 7.99. The second kappa shape index (κ2) is 7.65. The fourth-order valence-electron chi connectivity index (χ4n) is 2.24. The molecule has 5 nitrogen and oxygen atoms in total. The molecular weight excluding hydrogens is 300 g/mol. The highest BCUT2D eigenvalue weighted by atomic mass is 32.2. The summed E-state index contributed by atoms with van der Waals surface area (Å²) < 4.78 is 16.9. The van der Waals surface area contributed by atoms with Crippen molar-refractivity contribution in [2.75, 3.05) is 12.4 Å². The van der Waals surface area contributed by atoms with Crippen LogP contribution in [0.1, 0.15) is 30.7 Å². The monoisotopic (exact) mass is 320 g/mol. The fraction of sp³-hybridized carbons (Fsp3) is 0.500. The average Bonchev–Trinajstić information content (AvgIpc) is 3.01. The molecule has 0 amide bonds. The molecule has 1 saturated heterocycles. The first-order chi connectivity index (χ1) is 10.8. The lowest BCUT2D eigenvalue weighted by molar-refractivity contribution is 0.0314. The van der Waals surface area contributed by atoms with Crippen molar-refractivity contribution in [3.63, 3.8) is 0 Å². The highest BCUT2D eigenvalue weighted by Crippen LogP contribution is 2.23. The van der Waals surface area contributed by atoms with Gasteiger partial charge < -0.3 is 13.9 Å². The van der Waals surface area contributed by atoms with Crippen LogP contribution < -0.4 is 4.74 Å². The molecule has 2 aromatic rings. The summed E-state index contributed by atoms with van der Waals surface area (Å²) in [5.74, 6) is 2.15. The Labute approximate surface area is 134 Å². The molecule has 0 aliphatic carbocycles. The van der Waals surface area contributed by atoms with Gasteiger partial charge in [-0.25, -0.2) is 0 Å². The van der Waals surface area contributed by atoms with Gasteiger partial charge in [0.05, 0.1) is 6.10 Å². The Morgan fingerprint density at radius 2 is 2.09 bits per heavy atom. The van der Waals surface area contributed by atoms with Crippen LogP contribution in [0.5, 0.6) is 5.75 Å². The molecular formula is C16H20N2O3S. The third kappa shape index (κ3) is 4.48. The van der Waals surface area contributed by atoms with Gasteiger partial charge in [0.2, 0.25) is 0 Å². The average molecular weight is 320 g/mol. The van der Waals surface area contributed by atoms with E-state index in [-0.39, 0.29) is 6.61 Å². The van der Waals surface area contributed by atoms with Gasteiger partial charge in [-0.2, -0.15) is 0 Å². The van der Waals surface area contributed by atoms with E-state index in [2.05, 4.69) is 10.2 Å². The predicted octanol–water partition coefficient (Wildman–Crippen LogP) is 3.62. The largest absolute Gasteiger partial charge is 0.484 e. The fourth-order valence-corrected chi connectivity index (χ4v) is 3.08. The van der Waals surface area contributed by atoms with Crippen molar-refractivity contribution in [1.82, 2.24) is 10.2 Å². The normalized spacial score (nSPS) is 18.3. The van der Waals surface area contributed by atoms with Crippen molar-refractivity contribution >= 4 is 11.8 Å². The molecule has 0 unspecified atom stereocenters. The smallest absolute Gasteiger partial charge is 0.276 e. The van der Waals surface area contributed by atoms with Gasteiger partial charge in [0.15, 0.2) is 6.61 Å². The van der Waals surface area contributed by atoms with Crippen molar-refractivity contribution in [3.8, 4) is 5.75 Å². The Morgan fingerprint density at radius 1 is 1.23 bits per heavy atom. The van der Waals surface area contributed by atoms with Crippen molar-refractivity contribution in [2.24, 2.45) is 0 Å². The van der Waals surface area contributed by atoms with E-state index >= 15 is 0 Å². The molecule has 0 bridgehead atoms. The second-order valence-corrected chi connectivity index (χ2v) is 6.33. The van der Waals surface area contributed by atoms with Crippen LogP contribution >= 0.6 is 11.8 Å². The Morgan fingerprint density at radius 3 is 2.86 bits per heavy atom. The highest BCUT2D eigenvalue weighted by Gasteiger charge is 2.16. The van der Waals surface area contributed by atoms with Crippen LogP contribution in [-0.4, -0.2) is 28.7 Å². The topological polar surface area (TPSA) is 57.4 Å². The number of ether oxygens (including phenoxy) is 2. The molecule has 2 heterocycles. The molecule has 1 aromatic heterocycles. The molecule has 0 spiro atoms. The molecule has 1 aliphatic rings. The summed E-state index contributed by atoms with van der Waals surface area (Å²) in [5.41, 5.74) is 1.20. The SMILES string of the molecule is Cc1ccc(OCc2nnc(SC[C@H]3CCCCO3)o2)cc1. The minimum atomic E-state index is 0.288. The Bertz CT molecular complexity index is 579. The van der Waals surface area contributed by atoms with Crippen molar-refractivity contribution in [2.45, 2.75) is 44.1 Å². The van der Waals surface area contributed by atoms with Gasteiger partial charge >= 0.3 is 0 Å². The van der Waals surface area contributed by atoms with Crippen LogP contribution in [0.25, 0.3) is 0 Å². The van der Waals surface area contributed by atoms with Gasteiger partial charge in [0, 0.05) is 12.4 Å². The van der Waals surface area contributed by atoms with E-state index in [9.17, 15) is 0 Å². The van der Waals surface area contributed by atoms with Crippen LogP contribution in [0.3, 0.4) is 0 Å². The Hall–Kier alpha value is -1.53. The van der Waals surface area contributed by atoms with Crippen molar-refractivity contribution in [1.29, 1.82) is 0 Å². The van der Waals surface area contributed by atoms with E-state index in [4.69, 9.17) is 13.9 Å². The zero-order chi connectivity index (χ0) is 15.2. The summed E-state index contributed by atoms with van der Waals surface area (Å²) in [7, 11) is 0. The number of thioether (sulfide) groups is 1. The number of nitrogens with zero attached hydrogens (tertiary/aromatic N) is 2. The number of hydrogen-bond donors (Lipinski definition) is 0. The maximum Gasteiger partial charge on any atom is 0.276 e. The van der Waals surface area contributed by atoms with Gasteiger partial charge in [0.1, 0.15) is 5.75 Å². The molecule has 0 N–H and O–H groups in total. The van der Waals surface area contributed by atoms with Crippen LogP contribution in [-0.2, 0) is 11.3 Å². The van der Waals surface area contributed by atoms with Gasteiger partial charge in [-0.1, -0.05) is 29.5 Å². The summed E-state index contributed by atoms with van der Waals surface area (Å²) in [4.78, 5) is 0. The molecule has 1 fully saturated rings. The first-order valence-electron chi connectivity index (χ1n) is 7.56. The molecule has 1 aromatic carbocycles. The summed E-state index contributed by atoms with van der Waals surface area (Å²) in [6.07, 6.45) is 3.83. The molecule has 118 valence electrons. The molecule has 1 atom stereocenters. The van der Waals surface area contributed by atoms with Gasteiger partial charge in [-0.05, 0) is 38.3 Å². The Balaban J connectivity index is 1.45. The van der Waals surface area contributed by atoms with Gasteiger partial charge in [-0.3, -0.25) is 0 Å². The van der Waals surface area contributed by atoms with Gasteiger partial charge in [0.25, 0.3) is 11.1 Å². The molecule has 0 saturated carbocycles. The lowest BCUT2D eigenvalue weighted by atomic mass is 10.1. The quantitative estimate of drug-likeness (QED) is 0.758. The number of hydrogen-bond acceptors (Lipinski definition) is 6. The maximum absolute atomic E-state index is 5.69. The first kappa shape index (κ1) is 15.4. The van der Waals surface area contributed by atoms with E-state index < -0.39 is 0 Å². The molecule has 1 aliphatic heterocycles. The molecule has 0 radical (unpaired) electrons. The summed E-state index contributed by atoms with van der Waals surface area (Å²) in [6, 6.07) is 7.88. The number of aromatic nitrogens is 2. The third-order valence-electron chi connectivity index (χ3n) is 3.50. The standard InChI is InChI=1S/C16H20N2O3S/c1-12-5-7-13(8-6-12)20-10-15-17-18-16(21-15)22-11-14-4-2-3-9-19-14/h5-8,14H,2-4,9-11H2,1H3/t14-/m1/s1. The molecule has 3 rings (SSSR count). The molecule has 6 heteroatoms. The lowest BCUT2D eigenvalue weighted by Crippen LogP contribution is -2.21. The van der Waals surface area contributed by atoms with E-state index in [1.807, 2.05) is 31.2 Å². The van der Waals surface area contributed by atoms with Crippen LogP contribution in [0.4, 0.5) is 0 Å². The van der Waals surface area contributed by atoms with Gasteiger partial charge in [-0.15, -0.1) is 10.2 Å². The summed E-state index contributed by atoms with van der Waals surface area (Å²) in [6.45, 7) is 3.20. The van der Waals surface area contributed by atoms with E-state index in [0.29, 0.717) is 17.2 Å². The summed E-state index contributed by atoms with van der Waals surface area (Å²) in [5, 5.41) is 8.63.